The largest absolute Gasteiger partial charge is 0.349 e. The van der Waals surface area contributed by atoms with Crippen LogP contribution >= 0.6 is 12.2 Å². The Kier molecular flexibility index (Phi) is 2.93. The molecule has 4 heteroatoms. The van der Waals surface area contributed by atoms with E-state index in [1.807, 2.05) is 0 Å². The Morgan fingerprint density at radius 3 is 2.36 bits per heavy atom. The minimum absolute atomic E-state index is 0.823. The molecule has 0 amide bonds. The number of hydrogen-bond acceptors (Lipinski definition) is 2. The van der Waals surface area contributed by atoms with Crippen molar-refractivity contribution in [1.29, 1.82) is 0 Å². The maximum absolute atomic E-state index is 5.40. The molecular formula is C10H19N3S. The summed E-state index contributed by atoms with van der Waals surface area (Å²) >= 11 is 5.40. The second kappa shape index (κ2) is 4.03. The fourth-order valence-corrected chi connectivity index (χ4v) is 2.40. The van der Waals surface area contributed by atoms with Crippen molar-refractivity contribution in [3.63, 3.8) is 0 Å². The van der Waals surface area contributed by atoms with Crippen LogP contribution in [0.15, 0.2) is 0 Å². The molecule has 3 nitrogen and oxygen atoms in total. The van der Waals surface area contributed by atoms with Gasteiger partial charge in [0.15, 0.2) is 5.11 Å². The highest BCUT2D eigenvalue weighted by atomic mass is 32.1. The number of thiocarbonyl (C=S) groups is 1. The molecule has 2 heterocycles. The lowest BCUT2D eigenvalue weighted by molar-refractivity contribution is 0.126. The molecule has 14 heavy (non-hydrogen) atoms. The standard InChI is InChI=1S/C10H19N3S/c1-11(2)6-9-7-13(8-9)10(14)12-4-3-5-12/h9H,3-8H2,1-2H3. The zero-order chi connectivity index (χ0) is 10.1. The van der Waals surface area contributed by atoms with Gasteiger partial charge in [-0.2, -0.15) is 0 Å². The maximum atomic E-state index is 5.40. The molecule has 2 fully saturated rings. The van der Waals surface area contributed by atoms with Crippen molar-refractivity contribution in [2.24, 2.45) is 5.92 Å². The molecule has 0 unspecified atom stereocenters. The van der Waals surface area contributed by atoms with Crippen LogP contribution in [-0.4, -0.2) is 66.6 Å². The smallest absolute Gasteiger partial charge is 0.171 e. The van der Waals surface area contributed by atoms with Crippen molar-refractivity contribution in [3.05, 3.63) is 0 Å². The molecule has 2 saturated heterocycles. The number of rotatable bonds is 2. The zero-order valence-electron chi connectivity index (χ0n) is 9.07. The van der Waals surface area contributed by atoms with E-state index < -0.39 is 0 Å². The van der Waals surface area contributed by atoms with Crippen LogP contribution in [0.3, 0.4) is 0 Å². The Hall–Kier alpha value is -0.350. The second-order valence-electron chi connectivity index (χ2n) is 4.66. The summed E-state index contributed by atoms with van der Waals surface area (Å²) in [5, 5.41) is 1.09. The normalized spacial score (nSPS) is 22.2. The lowest BCUT2D eigenvalue weighted by atomic mass is 10.0. The quantitative estimate of drug-likeness (QED) is 0.617. The van der Waals surface area contributed by atoms with Gasteiger partial charge in [0.05, 0.1) is 0 Å². The molecule has 0 atom stereocenters. The minimum Gasteiger partial charge on any atom is -0.349 e. The summed E-state index contributed by atoms with van der Waals surface area (Å²) < 4.78 is 0. The van der Waals surface area contributed by atoms with Gasteiger partial charge in [-0.25, -0.2) is 0 Å². The Labute approximate surface area is 91.7 Å². The summed E-state index contributed by atoms with van der Waals surface area (Å²) in [7, 11) is 4.27. The van der Waals surface area contributed by atoms with Crippen LogP contribution in [0, 0.1) is 5.92 Å². The van der Waals surface area contributed by atoms with E-state index >= 15 is 0 Å². The first-order valence-corrected chi connectivity index (χ1v) is 5.76. The summed E-state index contributed by atoms with van der Waals surface area (Å²) in [4.78, 5) is 6.90. The van der Waals surface area contributed by atoms with Gasteiger partial charge in [0.2, 0.25) is 0 Å². The summed E-state index contributed by atoms with van der Waals surface area (Å²) in [6.45, 7) is 5.86. The van der Waals surface area contributed by atoms with Gasteiger partial charge < -0.3 is 14.7 Å². The Balaban J connectivity index is 1.69. The van der Waals surface area contributed by atoms with Crippen molar-refractivity contribution < 1.29 is 0 Å². The minimum atomic E-state index is 0.823. The molecule has 0 bridgehead atoms. The van der Waals surface area contributed by atoms with Crippen molar-refractivity contribution >= 4 is 17.3 Å². The molecule has 0 aliphatic carbocycles. The summed E-state index contributed by atoms with van der Waals surface area (Å²) in [5.74, 6) is 0.823. The molecule has 0 aromatic rings. The predicted molar refractivity (Wildman–Crippen MR) is 62.4 cm³/mol. The van der Waals surface area contributed by atoms with Crippen molar-refractivity contribution in [2.75, 3.05) is 46.8 Å². The van der Waals surface area contributed by atoms with Gasteiger partial charge in [-0.1, -0.05) is 0 Å². The van der Waals surface area contributed by atoms with Gasteiger partial charge >= 0.3 is 0 Å². The van der Waals surface area contributed by atoms with E-state index in [9.17, 15) is 0 Å². The van der Waals surface area contributed by atoms with Crippen LogP contribution in [0.4, 0.5) is 0 Å². The number of likely N-dealkylation sites (tertiary alicyclic amines) is 2. The summed E-state index contributed by atoms with van der Waals surface area (Å²) in [5.41, 5.74) is 0. The van der Waals surface area contributed by atoms with Crippen LogP contribution in [-0.2, 0) is 0 Å². The van der Waals surface area contributed by atoms with Crippen LogP contribution < -0.4 is 0 Å². The molecule has 0 radical (unpaired) electrons. The number of hydrogen-bond donors (Lipinski definition) is 0. The fraction of sp³-hybridized carbons (Fsp3) is 0.900. The number of nitrogens with zero attached hydrogens (tertiary/aromatic N) is 3. The third-order valence-electron chi connectivity index (χ3n) is 2.98. The van der Waals surface area contributed by atoms with Gasteiger partial charge in [0.1, 0.15) is 0 Å². The van der Waals surface area contributed by atoms with Gasteiger partial charge in [-0.15, -0.1) is 0 Å². The molecule has 2 aliphatic heterocycles. The third kappa shape index (κ3) is 2.01. The molecule has 0 N–H and O–H groups in total. The van der Waals surface area contributed by atoms with Gasteiger partial charge in [-0.05, 0) is 32.7 Å². The maximum Gasteiger partial charge on any atom is 0.171 e. The molecular weight excluding hydrogens is 194 g/mol. The molecule has 0 aromatic heterocycles. The highest BCUT2D eigenvalue weighted by Gasteiger charge is 2.32. The summed E-state index contributed by atoms with van der Waals surface area (Å²) in [6.07, 6.45) is 1.31. The Morgan fingerprint density at radius 1 is 1.29 bits per heavy atom. The van der Waals surface area contributed by atoms with Crippen LogP contribution in [0.1, 0.15) is 6.42 Å². The van der Waals surface area contributed by atoms with Crippen molar-refractivity contribution in [1.82, 2.24) is 14.7 Å². The van der Waals surface area contributed by atoms with Crippen molar-refractivity contribution in [3.8, 4) is 0 Å². The highest BCUT2D eigenvalue weighted by molar-refractivity contribution is 7.80. The van der Waals surface area contributed by atoms with Crippen LogP contribution in [0.5, 0.6) is 0 Å². The van der Waals surface area contributed by atoms with Crippen LogP contribution in [0.2, 0.25) is 0 Å². The van der Waals surface area contributed by atoms with Gasteiger partial charge in [0, 0.05) is 38.6 Å². The first-order valence-electron chi connectivity index (χ1n) is 5.35. The van der Waals surface area contributed by atoms with E-state index in [1.54, 1.807) is 0 Å². The lowest BCUT2D eigenvalue weighted by Gasteiger charge is -2.47. The topological polar surface area (TPSA) is 9.72 Å². The first kappa shape index (κ1) is 10.2. The Bertz CT molecular complexity index is 219. The van der Waals surface area contributed by atoms with Gasteiger partial charge in [-0.3, -0.25) is 0 Å². The average molecular weight is 213 g/mol. The highest BCUT2D eigenvalue weighted by Crippen LogP contribution is 2.20. The summed E-state index contributed by atoms with van der Waals surface area (Å²) in [6, 6.07) is 0. The molecule has 80 valence electrons. The zero-order valence-corrected chi connectivity index (χ0v) is 9.89. The predicted octanol–water partition coefficient (Wildman–Crippen LogP) is 0.470. The SMILES string of the molecule is CN(C)CC1CN(C(=S)N2CCC2)C1. The fourth-order valence-electron chi connectivity index (χ4n) is 2.07. The molecule has 0 spiro atoms. The molecule has 0 saturated carbocycles. The van der Waals surface area contributed by atoms with E-state index in [2.05, 4.69) is 28.8 Å². The molecule has 2 rings (SSSR count). The molecule has 0 aromatic carbocycles. The monoisotopic (exact) mass is 213 g/mol. The van der Waals surface area contributed by atoms with E-state index in [0.717, 1.165) is 24.1 Å². The van der Waals surface area contributed by atoms with E-state index in [-0.39, 0.29) is 0 Å². The average Bonchev–Trinajstić information content (AvgIpc) is 1.91. The lowest BCUT2D eigenvalue weighted by Crippen LogP contribution is -2.59. The van der Waals surface area contributed by atoms with E-state index in [0.29, 0.717) is 0 Å². The molecule has 2 aliphatic rings. The van der Waals surface area contributed by atoms with Gasteiger partial charge in [0.25, 0.3) is 0 Å². The first-order chi connectivity index (χ1) is 6.66. The Morgan fingerprint density at radius 2 is 1.93 bits per heavy atom. The third-order valence-corrected chi connectivity index (χ3v) is 3.49. The van der Waals surface area contributed by atoms with E-state index in [1.165, 1.54) is 26.1 Å². The second-order valence-corrected chi connectivity index (χ2v) is 5.02. The van der Waals surface area contributed by atoms with Crippen molar-refractivity contribution in [2.45, 2.75) is 6.42 Å². The van der Waals surface area contributed by atoms with Crippen LogP contribution in [0.25, 0.3) is 0 Å². The van der Waals surface area contributed by atoms with E-state index in [4.69, 9.17) is 12.2 Å².